The van der Waals surface area contributed by atoms with Crippen molar-refractivity contribution in [2.45, 2.75) is 31.3 Å². The normalized spacial score (nSPS) is 27.2. The van der Waals surface area contributed by atoms with Crippen LogP contribution in [0.3, 0.4) is 0 Å². The Kier molecular flexibility index (Phi) is 1.97. The Labute approximate surface area is 94.3 Å². The fourth-order valence-corrected chi connectivity index (χ4v) is 2.84. The molecule has 2 atom stereocenters. The van der Waals surface area contributed by atoms with Gasteiger partial charge in [-0.1, -0.05) is 24.3 Å². The van der Waals surface area contributed by atoms with E-state index in [1.165, 1.54) is 0 Å². The van der Waals surface area contributed by atoms with Gasteiger partial charge in [-0.05, 0) is 17.5 Å². The molecule has 1 aromatic rings. The number of amides is 1. The van der Waals surface area contributed by atoms with Gasteiger partial charge in [0.05, 0.1) is 18.0 Å². The quantitative estimate of drug-likeness (QED) is 0.658. The van der Waals surface area contributed by atoms with Crippen molar-refractivity contribution in [2.24, 2.45) is 0 Å². The van der Waals surface area contributed by atoms with Crippen LogP contribution in [-0.4, -0.2) is 16.8 Å². The van der Waals surface area contributed by atoms with Gasteiger partial charge < -0.3 is 4.90 Å². The van der Waals surface area contributed by atoms with E-state index in [2.05, 4.69) is 6.07 Å². The van der Waals surface area contributed by atoms with E-state index in [4.69, 9.17) is 0 Å². The lowest BCUT2D eigenvalue weighted by Crippen LogP contribution is -2.40. The molecule has 0 bridgehead atoms. The molecule has 2 unspecified atom stereocenters. The molecule has 2 aliphatic rings. The molecule has 1 amide bonds. The number of fused-ring (bicyclic) bond motifs is 2. The zero-order chi connectivity index (χ0) is 11.1. The van der Waals surface area contributed by atoms with Crippen LogP contribution >= 0.6 is 0 Å². The molecule has 1 fully saturated rings. The summed E-state index contributed by atoms with van der Waals surface area (Å²) >= 11 is 0. The van der Waals surface area contributed by atoms with Gasteiger partial charge in [-0.2, -0.15) is 5.26 Å². The van der Waals surface area contributed by atoms with E-state index in [9.17, 15) is 10.1 Å². The smallest absolute Gasteiger partial charge is 0.223 e. The largest absolute Gasteiger partial charge is 0.334 e. The monoisotopic (exact) mass is 212 g/mol. The van der Waals surface area contributed by atoms with Gasteiger partial charge in [-0.15, -0.1) is 0 Å². The first-order valence-electron chi connectivity index (χ1n) is 5.58. The summed E-state index contributed by atoms with van der Waals surface area (Å²) in [7, 11) is 0. The maximum atomic E-state index is 11.7. The SMILES string of the molecule is N#CC1c2ccccc2CN2C(=O)CCC12. The van der Waals surface area contributed by atoms with Gasteiger partial charge in [0.15, 0.2) is 0 Å². The summed E-state index contributed by atoms with van der Waals surface area (Å²) in [5, 5.41) is 9.28. The van der Waals surface area contributed by atoms with E-state index < -0.39 is 0 Å². The van der Waals surface area contributed by atoms with Crippen LogP contribution in [0, 0.1) is 11.3 Å². The number of hydrogen-bond acceptors (Lipinski definition) is 2. The van der Waals surface area contributed by atoms with E-state index in [1.807, 2.05) is 29.2 Å². The number of carbonyl (C=O) groups excluding carboxylic acids is 1. The fourth-order valence-electron chi connectivity index (χ4n) is 2.84. The van der Waals surface area contributed by atoms with Crippen molar-refractivity contribution >= 4 is 5.91 Å². The third-order valence-corrected chi connectivity index (χ3v) is 3.63. The molecule has 0 radical (unpaired) electrons. The lowest BCUT2D eigenvalue weighted by molar-refractivity contribution is -0.130. The van der Waals surface area contributed by atoms with Gasteiger partial charge in [-0.3, -0.25) is 4.79 Å². The van der Waals surface area contributed by atoms with Crippen LogP contribution in [0.4, 0.5) is 0 Å². The average molecular weight is 212 g/mol. The second kappa shape index (κ2) is 3.34. The summed E-state index contributed by atoms with van der Waals surface area (Å²) in [5.74, 6) is 0.0520. The number of rotatable bonds is 0. The predicted octanol–water partition coefficient (Wildman–Crippen LogP) is 1.80. The molecule has 0 saturated carbocycles. The standard InChI is InChI=1S/C13H12N2O/c14-7-11-10-4-2-1-3-9(10)8-15-12(11)5-6-13(15)16/h1-4,11-12H,5-6,8H2. The van der Waals surface area contributed by atoms with Gasteiger partial charge in [0.2, 0.25) is 5.91 Å². The van der Waals surface area contributed by atoms with Crippen LogP contribution in [0.1, 0.15) is 29.9 Å². The van der Waals surface area contributed by atoms with Crippen molar-refractivity contribution in [2.75, 3.05) is 0 Å². The highest BCUT2D eigenvalue weighted by molar-refractivity contribution is 5.79. The fraction of sp³-hybridized carbons (Fsp3) is 0.385. The number of benzene rings is 1. The van der Waals surface area contributed by atoms with Gasteiger partial charge in [0, 0.05) is 13.0 Å². The van der Waals surface area contributed by atoms with Crippen molar-refractivity contribution < 1.29 is 4.79 Å². The molecule has 1 aromatic carbocycles. The van der Waals surface area contributed by atoms with E-state index >= 15 is 0 Å². The summed E-state index contributed by atoms with van der Waals surface area (Å²) < 4.78 is 0. The second-order valence-electron chi connectivity index (χ2n) is 4.43. The first-order chi connectivity index (χ1) is 7.81. The number of nitriles is 1. The second-order valence-corrected chi connectivity index (χ2v) is 4.43. The van der Waals surface area contributed by atoms with Crippen molar-refractivity contribution in [1.29, 1.82) is 5.26 Å². The Balaban J connectivity index is 2.10. The van der Waals surface area contributed by atoms with Crippen LogP contribution < -0.4 is 0 Å². The summed E-state index contributed by atoms with van der Waals surface area (Å²) in [4.78, 5) is 13.6. The highest BCUT2D eigenvalue weighted by Gasteiger charge is 2.41. The minimum atomic E-state index is -0.142. The Hall–Kier alpha value is -1.82. The van der Waals surface area contributed by atoms with Gasteiger partial charge >= 0.3 is 0 Å². The molecule has 16 heavy (non-hydrogen) atoms. The zero-order valence-corrected chi connectivity index (χ0v) is 8.89. The van der Waals surface area contributed by atoms with Gasteiger partial charge in [0.1, 0.15) is 0 Å². The van der Waals surface area contributed by atoms with Crippen molar-refractivity contribution in [3.63, 3.8) is 0 Å². The van der Waals surface area contributed by atoms with E-state index in [0.29, 0.717) is 13.0 Å². The summed E-state index contributed by atoms with van der Waals surface area (Å²) in [5.41, 5.74) is 2.24. The van der Waals surface area contributed by atoms with Crippen molar-refractivity contribution in [3.05, 3.63) is 35.4 Å². The highest BCUT2D eigenvalue weighted by Crippen LogP contribution is 2.38. The third kappa shape index (κ3) is 1.16. The van der Waals surface area contributed by atoms with Crippen LogP contribution in [0.15, 0.2) is 24.3 Å². The van der Waals surface area contributed by atoms with Crippen molar-refractivity contribution in [1.82, 2.24) is 4.90 Å². The summed E-state index contributed by atoms with van der Waals surface area (Å²) in [6, 6.07) is 10.4. The maximum Gasteiger partial charge on any atom is 0.223 e. The predicted molar refractivity (Wildman–Crippen MR) is 58.4 cm³/mol. The molecule has 2 aliphatic heterocycles. The zero-order valence-electron chi connectivity index (χ0n) is 8.89. The summed E-state index contributed by atoms with van der Waals surface area (Å²) in [6.07, 6.45) is 1.42. The Morgan fingerprint density at radius 1 is 1.38 bits per heavy atom. The highest BCUT2D eigenvalue weighted by atomic mass is 16.2. The van der Waals surface area contributed by atoms with Gasteiger partial charge in [0.25, 0.3) is 0 Å². The third-order valence-electron chi connectivity index (χ3n) is 3.63. The van der Waals surface area contributed by atoms with Crippen LogP contribution in [0.5, 0.6) is 0 Å². The van der Waals surface area contributed by atoms with Crippen LogP contribution in [-0.2, 0) is 11.3 Å². The Morgan fingerprint density at radius 2 is 2.19 bits per heavy atom. The Morgan fingerprint density at radius 3 is 3.00 bits per heavy atom. The lowest BCUT2D eigenvalue weighted by Gasteiger charge is -2.35. The molecule has 0 N–H and O–H groups in total. The minimum Gasteiger partial charge on any atom is -0.334 e. The van der Waals surface area contributed by atoms with Crippen LogP contribution in [0.25, 0.3) is 0 Å². The first kappa shape index (κ1) is 9.41. The molecule has 3 nitrogen and oxygen atoms in total. The molecular formula is C13H12N2O. The number of hydrogen-bond donors (Lipinski definition) is 0. The molecule has 0 aromatic heterocycles. The Bertz CT molecular complexity index is 489. The van der Waals surface area contributed by atoms with Gasteiger partial charge in [-0.25, -0.2) is 0 Å². The number of nitrogens with zero attached hydrogens (tertiary/aromatic N) is 2. The maximum absolute atomic E-state index is 11.7. The molecule has 1 saturated heterocycles. The van der Waals surface area contributed by atoms with E-state index in [-0.39, 0.29) is 17.9 Å². The molecular weight excluding hydrogens is 200 g/mol. The first-order valence-corrected chi connectivity index (χ1v) is 5.58. The van der Waals surface area contributed by atoms with Crippen LogP contribution in [0.2, 0.25) is 0 Å². The molecule has 3 heteroatoms. The molecule has 2 heterocycles. The average Bonchev–Trinajstić information content (AvgIpc) is 2.68. The lowest BCUT2D eigenvalue weighted by atomic mass is 9.84. The molecule has 0 spiro atoms. The van der Waals surface area contributed by atoms with E-state index in [1.54, 1.807) is 0 Å². The van der Waals surface area contributed by atoms with E-state index in [0.717, 1.165) is 17.5 Å². The molecule has 80 valence electrons. The number of carbonyl (C=O) groups is 1. The topological polar surface area (TPSA) is 44.1 Å². The summed E-state index contributed by atoms with van der Waals surface area (Å²) in [6.45, 7) is 0.678. The molecule has 0 aliphatic carbocycles. The molecule has 3 rings (SSSR count). The van der Waals surface area contributed by atoms with Crippen molar-refractivity contribution in [3.8, 4) is 6.07 Å². The minimum absolute atomic E-state index is 0.104.